The van der Waals surface area contributed by atoms with Gasteiger partial charge in [0, 0.05) is 11.8 Å². The third-order valence-electron chi connectivity index (χ3n) is 3.14. The highest BCUT2D eigenvalue weighted by molar-refractivity contribution is 7.80. The largest absolute Gasteiger partial charge is 0.497 e. The molecule has 6 heteroatoms. The van der Waals surface area contributed by atoms with Crippen molar-refractivity contribution in [1.82, 2.24) is 5.32 Å². The van der Waals surface area contributed by atoms with Gasteiger partial charge in [-0.2, -0.15) is 0 Å². The summed E-state index contributed by atoms with van der Waals surface area (Å²) >= 11 is 5.17. The maximum absolute atomic E-state index is 13.1. The van der Waals surface area contributed by atoms with Crippen LogP contribution in [0.15, 0.2) is 42.5 Å². The second kappa shape index (κ2) is 7.17. The average molecular weight is 322 g/mol. The highest BCUT2D eigenvalue weighted by Crippen LogP contribution is 2.18. The first kappa shape index (κ1) is 16.2. The number of rotatable bonds is 4. The SMILES string of the molecule is COc1ccc([C@@H](C)NC(=S)Nc2ccc(F)c(F)c2)cc1. The number of anilines is 1. The molecule has 0 saturated carbocycles. The lowest BCUT2D eigenvalue weighted by Crippen LogP contribution is -2.30. The van der Waals surface area contributed by atoms with E-state index in [1.165, 1.54) is 6.07 Å². The molecule has 0 aliphatic carbocycles. The maximum Gasteiger partial charge on any atom is 0.171 e. The Kier molecular flexibility index (Phi) is 5.27. The van der Waals surface area contributed by atoms with Crippen molar-refractivity contribution >= 4 is 23.0 Å². The Morgan fingerprint density at radius 2 is 1.77 bits per heavy atom. The molecule has 0 unspecified atom stereocenters. The van der Waals surface area contributed by atoms with Crippen LogP contribution in [0.25, 0.3) is 0 Å². The van der Waals surface area contributed by atoms with Gasteiger partial charge < -0.3 is 15.4 Å². The molecule has 0 aromatic heterocycles. The van der Waals surface area contributed by atoms with E-state index in [0.29, 0.717) is 10.8 Å². The number of benzene rings is 2. The van der Waals surface area contributed by atoms with E-state index in [1.54, 1.807) is 7.11 Å². The molecule has 2 aromatic carbocycles. The second-order valence-electron chi connectivity index (χ2n) is 4.72. The minimum absolute atomic E-state index is 0.0452. The molecule has 2 rings (SSSR count). The molecule has 0 amide bonds. The summed E-state index contributed by atoms with van der Waals surface area (Å²) in [5.41, 5.74) is 1.41. The predicted octanol–water partition coefficient (Wildman–Crippen LogP) is 4.02. The Morgan fingerprint density at radius 3 is 2.36 bits per heavy atom. The van der Waals surface area contributed by atoms with Gasteiger partial charge in [-0.1, -0.05) is 12.1 Å². The van der Waals surface area contributed by atoms with Crippen LogP contribution >= 0.6 is 12.2 Å². The van der Waals surface area contributed by atoms with Crippen molar-refractivity contribution in [2.24, 2.45) is 0 Å². The molecule has 0 aliphatic rings. The van der Waals surface area contributed by atoms with Gasteiger partial charge >= 0.3 is 0 Å². The van der Waals surface area contributed by atoms with Gasteiger partial charge in [0.15, 0.2) is 16.7 Å². The lowest BCUT2D eigenvalue weighted by atomic mass is 10.1. The molecule has 2 aromatic rings. The van der Waals surface area contributed by atoms with Crippen molar-refractivity contribution in [1.29, 1.82) is 0 Å². The van der Waals surface area contributed by atoms with E-state index in [-0.39, 0.29) is 6.04 Å². The molecular weight excluding hydrogens is 306 g/mol. The van der Waals surface area contributed by atoms with Crippen molar-refractivity contribution in [2.45, 2.75) is 13.0 Å². The number of halogens is 2. The van der Waals surface area contributed by atoms with Crippen LogP contribution in [0.2, 0.25) is 0 Å². The number of nitrogens with one attached hydrogen (secondary N) is 2. The Bertz CT molecular complexity index is 662. The number of hydrogen-bond donors (Lipinski definition) is 2. The molecule has 1 atom stereocenters. The molecule has 0 radical (unpaired) electrons. The van der Waals surface area contributed by atoms with Crippen LogP contribution in [0.4, 0.5) is 14.5 Å². The summed E-state index contributed by atoms with van der Waals surface area (Å²) in [6, 6.07) is 11.1. The summed E-state index contributed by atoms with van der Waals surface area (Å²) in [7, 11) is 1.61. The minimum atomic E-state index is -0.920. The van der Waals surface area contributed by atoms with Gasteiger partial charge in [0.05, 0.1) is 13.2 Å². The molecule has 0 aliphatic heterocycles. The van der Waals surface area contributed by atoms with Crippen molar-refractivity contribution in [2.75, 3.05) is 12.4 Å². The third-order valence-corrected chi connectivity index (χ3v) is 3.36. The normalized spacial score (nSPS) is 11.6. The molecule has 22 heavy (non-hydrogen) atoms. The highest BCUT2D eigenvalue weighted by atomic mass is 32.1. The van der Waals surface area contributed by atoms with Gasteiger partial charge in [-0.15, -0.1) is 0 Å². The third kappa shape index (κ3) is 4.14. The molecule has 0 spiro atoms. The monoisotopic (exact) mass is 322 g/mol. The maximum atomic E-state index is 13.1. The second-order valence-corrected chi connectivity index (χ2v) is 5.13. The zero-order valence-electron chi connectivity index (χ0n) is 12.2. The lowest BCUT2D eigenvalue weighted by molar-refractivity contribution is 0.414. The van der Waals surface area contributed by atoms with Gasteiger partial charge in [0.25, 0.3) is 0 Å². The standard InChI is InChI=1S/C16H16F2N2OS/c1-10(11-3-6-13(21-2)7-4-11)19-16(22)20-12-5-8-14(17)15(18)9-12/h3-10H,1-2H3,(H2,19,20,22)/t10-/m1/s1. The van der Waals surface area contributed by atoms with Crippen LogP contribution in [-0.2, 0) is 0 Å². The number of ether oxygens (including phenoxy) is 1. The number of thiocarbonyl (C=S) groups is 1. The fourth-order valence-corrected chi connectivity index (χ4v) is 2.21. The number of methoxy groups -OCH3 is 1. The van der Waals surface area contributed by atoms with Gasteiger partial charge in [0.1, 0.15) is 5.75 Å². The van der Waals surface area contributed by atoms with Gasteiger partial charge in [0.2, 0.25) is 0 Å². The van der Waals surface area contributed by atoms with Gasteiger partial charge in [-0.3, -0.25) is 0 Å². The fraction of sp³-hybridized carbons (Fsp3) is 0.188. The summed E-state index contributed by atoms with van der Waals surface area (Å²) in [5.74, 6) is -1.04. The number of hydrogen-bond acceptors (Lipinski definition) is 2. The Hall–Kier alpha value is -2.21. The van der Waals surface area contributed by atoms with Crippen LogP contribution in [0.1, 0.15) is 18.5 Å². The molecule has 0 bridgehead atoms. The average Bonchev–Trinajstić information content (AvgIpc) is 2.51. The minimum Gasteiger partial charge on any atom is -0.497 e. The van der Waals surface area contributed by atoms with Crippen LogP contribution in [0, 0.1) is 11.6 Å². The van der Waals surface area contributed by atoms with Crippen molar-refractivity contribution in [3.63, 3.8) is 0 Å². The first-order valence-electron chi connectivity index (χ1n) is 6.66. The Balaban J connectivity index is 1.96. The van der Waals surface area contributed by atoms with E-state index >= 15 is 0 Å². The molecule has 3 nitrogen and oxygen atoms in total. The van der Waals surface area contributed by atoms with Crippen LogP contribution < -0.4 is 15.4 Å². The predicted molar refractivity (Wildman–Crippen MR) is 87.1 cm³/mol. The van der Waals surface area contributed by atoms with Crippen LogP contribution in [0.3, 0.4) is 0 Å². The van der Waals surface area contributed by atoms with Crippen molar-refractivity contribution in [3.8, 4) is 5.75 Å². The summed E-state index contributed by atoms with van der Waals surface area (Å²) in [6.45, 7) is 1.95. The summed E-state index contributed by atoms with van der Waals surface area (Å²) in [4.78, 5) is 0. The topological polar surface area (TPSA) is 33.3 Å². The zero-order chi connectivity index (χ0) is 16.1. The van der Waals surface area contributed by atoms with Gasteiger partial charge in [-0.05, 0) is 49.0 Å². The van der Waals surface area contributed by atoms with E-state index in [9.17, 15) is 8.78 Å². The van der Waals surface area contributed by atoms with Gasteiger partial charge in [-0.25, -0.2) is 8.78 Å². The van der Waals surface area contributed by atoms with Crippen molar-refractivity contribution < 1.29 is 13.5 Å². The molecular formula is C16H16F2N2OS. The molecule has 0 fully saturated rings. The zero-order valence-corrected chi connectivity index (χ0v) is 13.0. The summed E-state index contributed by atoms with van der Waals surface area (Å²) in [5, 5.41) is 6.23. The lowest BCUT2D eigenvalue weighted by Gasteiger charge is -2.17. The van der Waals surface area contributed by atoms with Crippen LogP contribution in [-0.4, -0.2) is 12.2 Å². The molecule has 2 N–H and O–H groups in total. The smallest absolute Gasteiger partial charge is 0.171 e. The first-order valence-corrected chi connectivity index (χ1v) is 7.07. The van der Waals surface area contributed by atoms with Crippen LogP contribution in [0.5, 0.6) is 5.75 Å². The highest BCUT2D eigenvalue weighted by Gasteiger charge is 2.08. The quantitative estimate of drug-likeness (QED) is 0.833. The Morgan fingerprint density at radius 1 is 1.09 bits per heavy atom. The van der Waals surface area contributed by atoms with Crippen molar-refractivity contribution in [3.05, 3.63) is 59.7 Å². The first-order chi connectivity index (χ1) is 10.5. The fourth-order valence-electron chi connectivity index (χ4n) is 1.91. The molecule has 116 valence electrons. The summed E-state index contributed by atoms with van der Waals surface area (Å²) < 4.78 is 31.1. The van der Waals surface area contributed by atoms with E-state index < -0.39 is 11.6 Å². The van der Waals surface area contributed by atoms with E-state index in [2.05, 4.69) is 10.6 Å². The van der Waals surface area contributed by atoms with E-state index in [4.69, 9.17) is 17.0 Å². The van der Waals surface area contributed by atoms with E-state index in [1.807, 2.05) is 31.2 Å². The van der Waals surface area contributed by atoms with E-state index in [0.717, 1.165) is 23.4 Å². The molecule has 0 saturated heterocycles. The molecule has 0 heterocycles. The Labute approximate surface area is 133 Å². The summed E-state index contributed by atoms with van der Waals surface area (Å²) in [6.07, 6.45) is 0.